The maximum absolute atomic E-state index is 11.5. The molecule has 0 saturated carbocycles. The predicted molar refractivity (Wildman–Crippen MR) is 107 cm³/mol. The molecular formula is C22H42O3. The van der Waals surface area contributed by atoms with Crippen LogP contribution < -0.4 is 0 Å². The Kier molecular flexibility index (Phi) is 17.4. The van der Waals surface area contributed by atoms with E-state index in [4.69, 9.17) is 4.74 Å². The number of esters is 1. The number of hydrogen-bond donors (Lipinski definition) is 1. The number of aliphatic hydroxyl groups excluding tert-OH is 1. The SMILES string of the molecule is CCCCCC[C@@H](O)C/C=C\CCCCCCCC(=O)OCC(C)C. The van der Waals surface area contributed by atoms with E-state index < -0.39 is 0 Å². The van der Waals surface area contributed by atoms with E-state index in [2.05, 4.69) is 32.9 Å². The lowest BCUT2D eigenvalue weighted by molar-refractivity contribution is -0.144. The largest absolute Gasteiger partial charge is 0.465 e. The molecule has 0 bridgehead atoms. The van der Waals surface area contributed by atoms with Crippen LogP contribution >= 0.6 is 0 Å². The maximum atomic E-state index is 11.5. The molecule has 0 aliphatic rings. The Labute approximate surface area is 156 Å². The molecule has 0 fully saturated rings. The van der Waals surface area contributed by atoms with Crippen LogP contribution in [0.3, 0.4) is 0 Å². The molecule has 0 spiro atoms. The number of hydrogen-bond acceptors (Lipinski definition) is 3. The van der Waals surface area contributed by atoms with Crippen LogP contribution in [0.1, 0.15) is 104 Å². The zero-order valence-corrected chi connectivity index (χ0v) is 17.0. The van der Waals surface area contributed by atoms with Crippen LogP contribution in [0.5, 0.6) is 0 Å². The first kappa shape index (κ1) is 24.2. The maximum Gasteiger partial charge on any atom is 0.305 e. The Morgan fingerprint density at radius 1 is 0.960 bits per heavy atom. The van der Waals surface area contributed by atoms with Crippen molar-refractivity contribution in [2.45, 2.75) is 110 Å². The van der Waals surface area contributed by atoms with Gasteiger partial charge in [0.15, 0.2) is 0 Å². The second kappa shape index (κ2) is 18.0. The molecule has 148 valence electrons. The third kappa shape index (κ3) is 19.3. The van der Waals surface area contributed by atoms with Crippen molar-refractivity contribution >= 4 is 5.97 Å². The molecule has 0 aromatic rings. The number of aliphatic hydroxyl groups is 1. The molecule has 1 atom stereocenters. The summed E-state index contributed by atoms with van der Waals surface area (Å²) in [5.74, 6) is 0.365. The average Bonchev–Trinajstić information content (AvgIpc) is 2.58. The third-order valence-corrected chi connectivity index (χ3v) is 4.30. The molecule has 3 nitrogen and oxygen atoms in total. The number of carbonyl (C=O) groups excluding carboxylic acids is 1. The van der Waals surface area contributed by atoms with Crippen LogP contribution in [0, 0.1) is 5.92 Å². The van der Waals surface area contributed by atoms with Crippen LogP contribution in [0.4, 0.5) is 0 Å². The minimum atomic E-state index is -0.163. The molecule has 0 aromatic heterocycles. The highest BCUT2D eigenvalue weighted by atomic mass is 16.5. The summed E-state index contributed by atoms with van der Waals surface area (Å²) in [4.78, 5) is 11.5. The fraction of sp³-hybridized carbons (Fsp3) is 0.864. The zero-order chi connectivity index (χ0) is 18.8. The first-order chi connectivity index (χ1) is 12.1. The molecule has 0 heterocycles. The van der Waals surface area contributed by atoms with Crippen molar-refractivity contribution in [3.8, 4) is 0 Å². The second-order valence-electron chi connectivity index (χ2n) is 7.59. The van der Waals surface area contributed by atoms with Crippen LogP contribution in [-0.2, 0) is 9.53 Å². The van der Waals surface area contributed by atoms with Crippen molar-refractivity contribution in [3.05, 3.63) is 12.2 Å². The normalized spacial score (nSPS) is 12.8. The number of unbranched alkanes of at least 4 members (excludes halogenated alkanes) is 8. The van der Waals surface area contributed by atoms with Gasteiger partial charge in [-0.1, -0.05) is 77.9 Å². The average molecular weight is 355 g/mol. The Morgan fingerprint density at radius 3 is 2.36 bits per heavy atom. The standard InChI is InChI=1S/C22H42O3/c1-4-5-6-13-16-21(23)17-14-11-9-7-8-10-12-15-18-22(24)25-19-20(2)3/h11,14,20-21,23H,4-10,12-13,15-19H2,1-3H3/b14-11-/t21-/m1/s1. The highest BCUT2D eigenvalue weighted by Crippen LogP contribution is 2.11. The molecule has 0 radical (unpaired) electrons. The molecule has 25 heavy (non-hydrogen) atoms. The summed E-state index contributed by atoms with van der Waals surface area (Å²) in [6.45, 7) is 6.85. The monoisotopic (exact) mass is 354 g/mol. The van der Waals surface area contributed by atoms with Gasteiger partial charge in [-0.05, 0) is 38.0 Å². The first-order valence-electron chi connectivity index (χ1n) is 10.5. The van der Waals surface area contributed by atoms with E-state index in [0.717, 1.165) is 38.5 Å². The summed E-state index contributed by atoms with van der Waals surface area (Å²) >= 11 is 0. The highest BCUT2D eigenvalue weighted by molar-refractivity contribution is 5.69. The van der Waals surface area contributed by atoms with E-state index in [-0.39, 0.29) is 12.1 Å². The topological polar surface area (TPSA) is 46.5 Å². The Morgan fingerprint density at radius 2 is 1.64 bits per heavy atom. The second-order valence-corrected chi connectivity index (χ2v) is 7.59. The van der Waals surface area contributed by atoms with E-state index in [9.17, 15) is 9.90 Å². The van der Waals surface area contributed by atoms with Gasteiger partial charge in [-0.2, -0.15) is 0 Å². The van der Waals surface area contributed by atoms with Crippen LogP contribution in [-0.4, -0.2) is 23.8 Å². The summed E-state index contributed by atoms with van der Waals surface area (Å²) in [5.41, 5.74) is 0. The van der Waals surface area contributed by atoms with Gasteiger partial charge in [-0.3, -0.25) is 4.79 Å². The van der Waals surface area contributed by atoms with Crippen molar-refractivity contribution in [3.63, 3.8) is 0 Å². The van der Waals surface area contributed by atoms with E-state index in [1.165, 1.54) is 38.5 Å². The zero-order valence-electron chi connectivity index (χ0n) is 17.0. The van der Waals surface area contributed by atoms with Crippen molar-refractivity contribution < 1.29 is 14.6 Å². The molecule has 0 aromatic carbocycles. The smallest absolute Gasteiger partial charge is 0.305 e. The minimum Gasteiger partial charge on any atom is -0.465 e. The molecule has 0 rings (SSSR count). The lowest BCUT2D eigenvalue weighted by atomic mass is 10.1. The predicted octanol–water partition coefficient (Wildman–Crippen LogP) is 6.19. The molecule has 0 unspecified atom stereocenters. The fourth-order valence-corrected chi connectivity index (χ4v) is 2.69. The highest BCUT2D eigenvalue weighted by Gasteiger charge is 2.04. The molecular weight excluding hydrogens is 312 g/mol. The van der Waals surface area contributed by atoms with Crippen LogP contribution in [0.15, 0.2) is 12.2 Å². The van der Waals surface area contributed by atoms with Gasteiger partial charge in [-0.25, -0.2) is 0 Å². The van der Waals surface area contributed by atoms with Gasteiger partial charge in [0.05, 0.1) is 12.7 Å². The first-order valence-corrected chi connectivity index (χ1v) is 10.5. The summed E-state index contributed by atoms with van der Waals surface area (Å²) < 4.78 is 5.16. The van der Waals surface area contributed by atoms with Gasteiger partial charge in [0.1, 0.15) is 0 Å². The summed E-state index contributed by atoms with van der Waals surface area (Å²) in [5, 5.41) is 9.87. The number of allylic oxidation sites excluding steroid dienone is 1. The molecule has 0 saturated heterocycles. The van der Waals surface area contributed by atoms with Crippen molar-refractivity contribution in [2.24, 2.45) is 5.92 Å². The van der Waals surface area contributed by atoms with Gasteiger partial charge in [0.2, 0.25) is 0 Å². The van der Waals surface area contributed by atoms with Crippen molar-refractivity contribution in [1.82, 2.24) is 0 Å². The van der Waals surface area contributed by atoms with Gasteiger partial charge in [0.25, 0.3) is 0 Å². The Hall–Kier alpha value is -0.830. The van der Waals surface area contributed by atoms with Crippen molar-refractivity contribution in [2.75, 3.05) is 6.61 Å². The summed E-state index contributed by atoms with van der Waals surface area (Å²) in [6.07, 6.45) is 18.1. The van der Waals surface area contributed by atoms with E-state index in [0.29, 0.717) is 18.9 Å². The van der Waals surface area contributed by atoms with Crippen LogP contribution in [0.2, 0.25) is 0 Å². The summed E-state index contributed by atoms with van der Waals surface area (Å²) in [6, 6.07) is 0. The Balaban J connectivity index is 3.33. The van der Waals surface area contributed by atoms with Crippen molar-refractivity contribution in [1.29, 1.82) is 0 Å². The summed E-state index contributed by atoms with van der Waals surface area (Å²) in [7, 11) is 0. The quantitative estimate of drug-likeness (QED) is 0.192. The molecule has 3 heteroatoms. The number of rotatable bonds is 17. The van der Waals surface area contributed by atoms with Gasteiger partial charge in [0, 0.05) is 6.42 Å². The number of carbonyl (C=O) groups is 1. The molecule has 1 N–H and O–H groups in total. The Bertz CT molecular complexity index is 323. The van der Waals surface area contributed by atoms with Gasteiger partial charge < -0.3 is 9.84 Å². The molecule has 0 aliphatic carbocycles. The van der Waals surface area contributed by atoms with E-state index in [1.54, 1.807) is 0 Å². The third-order valence-electron chi connectivity index (χ3n) is 4.30. The lowest BCUT2D eigenvalue weighted by Gasteiger charge is -2.07. The minimum absolute atomic E-state index is 0.0510. The van der Waals surface area contributed by atoms with E-state index in [1.807, 2.05) is 0 Å². The molecule has 0 amide bonds. The van der Waals surface area contributed by atoms with E-state index >= 15 is 0 Å². The van der Waals surface area contributed by atoms with Crippen LogP contribution in [0.25, 0.3) is 0 Å². The fourth-order valence-electron chi connectivity index (χ4n) is 2.69. The van der Waals surface area contributed by atoms with Gasteiger partial charge in [-0.15, -0.1) is 0 Å². The lowest BCUT2D eigenvalue weighted by Crippen LogP contribution is -2.09. The van der Waals surface area contributed by atoms with Gasteiger partial charge >= 0.3 is 5.97 Å². The number of ether oxygens (including phenoxy) is 1. The molecule has 0 aliphatic heterocycles.